The Labute approximate surface area is 226 Å². The van der Waals surface area contributed by atoms with Crippen molar-refractivity contribution in [3.05, 3.63) is 41.1 Å². The first-order valence-corrected chi connectivity index (χ1v) is 14.1. The molecule has 1 saturated heterocycles. The van der Waals surface area contributed by atoms with Gasteiger partial charge in [-0.3, -0.25) is 14.3 Å². The highest BCUT2D eigenvalue weighted by Gasteiger charge is 2.47. The molecule has 2 amide bonds. The standard InChI is InChI=1S/C24H26F3N7O5S/c1-4-16(24(25,26)27)33-9-13-7-12(8-15(17(13)22(33)36)32-40(3,37)38)14-5-6-34-20(29-14)18(19(28)31-34)21(35)30-23(2)10-39-11-23/h5-8,16,32H,4,9-11H2,1-3H3,(H2,28,31)(H,30,35)/t16-/m0/s1. The highest BCUT2D eigenvalue weighted by Crippen LogP contribution is 2.39. The second kappa shape index (κ2) is 9.33. The van der Waals surface area contributed by atoms with Gasteiger partial charge in [-0.25, -0.2) is 17.9 Å². The number of ether oxygens (including phenoxy) is 1. The van der Waals surface area contributed by atoms with Gasteiger partial charge in [0.25, 0.3) is 11.8 Å². The summed E-state index contributed by atoms with van der Waals surface area (Å²) < 4.78 is 74.0. The van der Waals surface area contributed by atoms with Crippen LogP contribution >= 0.6 is 0 Å². The molecule has 16 heteroatoms. The molecule has 0 radical (unpaired) electrons. The van der Waals surface area contributed by atoms with E-state index in [2.05, 4.69) is 20.1 Å². The molecule has 5 rings (SSSR count). The Kier molecular flexibility index (Phi) is 6.45. The van der Waals surface area contributed by atoms with Crippen molar-refractivity contribution >= 4 is 39.0 Å². The Bertz CT molecular complexity index is 1650. The van der Waals surface area contributed by atoms with Crippen LogP contribution < -0.4 is 15.8 Å². The van der Waals surface area contributed by atoms with Crippen LogP contribution in [0.15, 0.2) is 24.4 Å². The molecule has 12 nitrogen and oxygen atoms in total. The minimum Gasteiger partial charge on any atom is -0.381 e. The zero-order valence-electron chi connectivity index (χ0n) is 21.7. The van der Waals surface area contributed by atoms with E-state index in [0.717, 1.165) is 6.26 Å². The van der Waals surface area contributed by atoms with Crippen molar-refractivity contribution in [3.8, 4) is 11.3 Å². The van der Waals surface area contributed by atoms with E-state index in [1.165, 1.54) is 35.8 Å². The maximum atomic E-state index is 13.7. The Morgan fingerprint density at radius 3 is 2.58 bits per heavy atom. The Balaban J connectivity index is 1.60. The summed E-state index contributed by atoms with van der Waals surface area (Å²) in [6.45, 7) is 3.39. The average Bonchev–Trinajstić information content (AvgIpc) is 3.32. The monoisotopic (exact) mass is 581 g/mol. The molecule has 1 atom stereocenters. The summed E-state index contributed by atoms with van der Waals surface area (Å²) in [4.78, 5) is 31.4. The second-order valence-corrected chi connectivity index (χ2v) is 11.9. The SMILES string of the molecule is CC[C@H](N1Cc2cc(-c3ccn4nc(N)c(C(=O)NC5(C)COC5)c4n3)cc(NS(C)(=O)=O)c2C1=O)C(F)(F)F. The Morgan fingerprint density at radius 2 is 2.00 bits per heavy atom. The summed E-state index contributed by atoms with van der Waals surface area (Å²) >= 11 is 0. The van der Waals surface area contributed by atoms with Crippen LogP contribution in [0, 0.1) is 0 Å². The van der Waals surface area contributed by atoms with Crippen molar-refractivity contribution in [2.75, 3.05) is 29.9 Å². The van der Waals surface area contributed by atoms with Crippen molar-refractivity contribution in [1.82, 2.24) is 24.8 Å². The fraction of sp³-hybridized carbons (Fsp3) is 0.417. The van der Waals surface area contributed by atoms with E-state index >= 15 is 0 Å². The van der Waals surface area contributed by atoms with Crippen LogP contribution in [-0.2, 0) is 21.3 Å². The maximum absolute atomic E-state index is 13.7. The molecular formula is C24H26F3N7O5S. The number of aromatic nitrogens is 3. The number of carbonyl (C=O) groups excluding carboxylic acids is 2. The largest absolute Gasteiger partial charge is 0.408 e. The molecule has 0 aliphatic carbocycles. The highest BCUT2D eigenvalue weighted by atomic mass is 32.2. The molecule has 0 spiro atoms. The summed E-state index contributed by atoms with van der Waals surface area (Å²) in [6, 6.07) is 2.28. The predicted octanol–water partition coefficient (Wildman–Crippen LogP) is 2.17. The number of amides is 2. The molecule has 4 heterocycles. The zero-order chi connectivity index (χ0) is 29.2. The topological polar surface area (TPSA) is 161 Å². The number of rotatable bonds is 7. The van der Waals surface area contributed by atoms with Gasteiger partial charge in [-0.05, 0) is 37.1 Å². The molecule has 2 aliphatic heterocycles. The van der Waals surface area contributed by atoms with Gasteiger partial charge in [-0.2, -0.15) is 13.2 Å². The third-order valence-electron chi connectivity index (χ3n) is 6.76. The maximum Gasteiger partial charge on any atom is 0.408 e. The number of fused-ring (bicyclic) bond motifs is 2. The lowest BCUT2D eigenvalue weighted by molar-refractivity contribution is -0.177. The number of anilines is 2. The molecule has 4 N–H and O–H groups in total. The number of carbonyl (C=O) groups is 2. The number of nitrogen functional groups attached to an aromatic ring is 1. The van der Waals surface area contributed by atoms with E-state index in [1.807, 2.05) is 6.92 Å². The molecular weight excluding hydrogens is 555 g/mol. The first-order valence-electron chi connectivity index (χ1n) is 12.2. The van der Waals surface area contributed by atoms with Gasteiger partial charge in [-0.1, -0.05) is 6.92 Å². The van der Waals surface area contributed by atoms with E-state index < -0.39 is 39.6 Å². The summed E-state index contributed by atoms with van der Waals surface area (Å²) in [7, 11) is -3.91. The zero-order valence-corrected chi connectivity index (χ0v) is 22.5. The molecule has 0 saturated carbocycles. The normalized spacial score (nSPS) is 17.4. The van der Waals surface area contributed by atoms with Gasteiger partial charge in [0.2, 0.25) is 10.0 Å². The van der Waals surface area contributed by atoms with Crippen molar-refractivity contribution < 1.29 is 35.9 Å². The number of alkyl halides is 3. The van der Waals surface area contributed by atoms with Crippen molar-refractivity contribution in [1.29, 1.82) is 0 Å². The third-order valence-corrected chi connectivity index (χ3v) is 7.35. The number of sulfonamides is 1. The van der Waals surface area contributed by atoms with Crippen molar-refractivity contribution in [2.24, 2.45) is 0 Å². The molecule has 3 aromatic rings. The van der Waals surface area contributed by atoms with Gasteiger partial charge in [0.15, 0.2) is 11.5 Å². The number of hydrogen-bond donors (Lipinski definition) is 3. The van der Waals surface area contributed by atoms with Crippen LogP contribution in [0.1, 0.15) is 46.5 Å². The number of halogens is 3. The van der Waals surface area contributed by atoms with Crippen LogP contribution in [0.25, 0.3) is 16.9 Å². The molecule has 0 bridgehead atoms. The van der Waals surface area contributed by atoms with Gasteiger partial charge >= 0.3 is 6.18 Å². The van der Waals surface area contributed by atoms with Gasteiger partial charge < -0.3 is 20.7 Å². The number of nitrogens with zero attached hydrogens (tertiary/aromatic N) is 4. The van der Waals surface area contributed by atoms with E-state index in [9.17, 15) is 31.2 Å². The first kappa shape index (κ1) is 27.6. The predicted molar refractivity (Wildman–Crippen MR) is 138 cm³/mol. The lowest BCUT2D eigenvalue weighted by atomic mass is 10.00. The van der Waals surface area contributed by atoms with Crippen LogP contribution in [0.3, 0.4) is 0 Å². The summed E-state index contributed by atoms with van der Waals surface area (Å²) in [6.07, 6.45) is -2.69. The summed E-state index contributed by atoms with van der Waals surface area (Å²) in [5.74, 6) is -1.52. The van der Waals surface area contributed by atoms with E-state index in [1.54, 1.807) is 0 Å². The first-order chi connectivity index (χ1) is 18.6. The number of hydrogen-bond acceptors (Lipinski definition) is 8. The van der Waals surface area contributed by atoms with Gasteiger partial charge in [-0.15, -0.1) is 5.10 Å². The minimum absolute atomic E-state index is 0.0166. The molecule has 0 unspecified atom stereocenters. The van der Waals surface area contributed by atoms with Crippen LogP contribution in [-0.4, -0.2) is 77.0 Å². The van der Waals surface area contributed by atoms with Crippen LogP contribution in [0.2, 0.25) is 0 Å². The fourth-order valence-electron chi connectivity index (χ4n) is 4.93. The minimum atomic E-state index is -4.67. The van der Waals surface area contributed by atoms with Crippen LogP contribution in [0.4, 0.5) is 24.7 Å². The lowest BCUT2D eigenvalue weighted by Gasteiger charge is -2.38. The molecule has 2 aliphatic rings. The summed E-state index contributed by atoms with van der Waals surface area (Å²) in [5, 5.41) is 6.97. The smallest absolute Gasteiger partial charge is 0.381 e. The fourth-order valence-corrected chi connectivity index (χ4v) is 5.49. The Hall–Kier alpha value is -3.92. The van der Waals surface area contributed by atoms with E-state index in [4.69, 9.17) is 10.5 Å². The number of nitrogens with two attached hydrogens (primary N) is 1. The second-order valence-electron chi connectivity index (χ2n) is 10.2. The summed E-state index contributed by atoms with van der Waals surface area (Å²) in [5.41, 5.74) is 5.96. The highest BCUT2D eigenvalue weighted by molar-refractivity contribution is 7.92. The molecule has 1 aromatic carbocycles. The number of benzene rings is 1. The lowest BCUT2D eigenvalue weighted by Crippen LogP contribution is -2.59. The van der Waals surface area contributed by atoms with Crippen molar-refractivity contribution in [2.45, 2.75) is 44.6 Å². The molecule has 40 heavy (non-hydrogen) atoms. The van der Waals surface area contributed by atoms with Crippen molar-refractivity contribution in [3.63, 3.8) is 0 Å². The Morgan fingerprint density at radius 1 is 1.30 bits per heavy atom. The quantitative estimate of drug-likeness (QED) is 0.383. The molecule has 2 aromatic heterocycles. The number of nitrogens with one attached hydrogen (secondary N) is 2. The van der Waals surface area contributed by atoms with Gasteiger partial charge in [0, 0.05) is 18.3 Å². The van der Waals surface area contributed by atoms with Crippen LogP contribution in [0.5, 0.6) is 0 Å². The third kappa shape index (κ3) is 4.92. The molecule has 1 fully saturated rings. The van der Waals surface area contributed by atoms with E-state index in [-0.39, 0.29) is 52.5 Å². The van der Waals surface area contributed by atoms with Gasteiger partial charge in [0.05, 0.1) is 42.0 Å². The van der Waals surface area contributed by atoms with E-state index in [0.29, 0.717) is 23.7 Å². The average molecular weight is 582 g/mol. The molecule has 214 valence electrons. The van der Waals surface area contributed by atoms with Gasteiger partial charge in [0.1, 0.15) is 11.6 Å².